The van der Waals surface area contributed by atoms with E-state index in [9.17, 15) is 8.42 Å². The lowest BCUT2D eigenvalue weighted by atomic mass is 10.1. The number of nitrogens with zero attached hydrogens (tertiary/aromatic N) is 2. The van der Waals surface area contributed by atoms with Crippen LogP contribution in [0.25, 0.3) is 0 Å². The average molecular weight is 299 g/mol. The standard InChI is InChI=1S/C14H25N3O2S/c1-3-6-16-11-14(8-13(16)9-15)20(18,19)17-7-5-12(4-2)10-17/h8,11-12H,3-7,9-10,15H2,1-2H3. The fraction of sp³-hybridized carbons (Fsp3) is 0.714. The van der Waals surface area contributed by atoms with Gasteiger partial charge in [-0.05, 0) is 24.8 Å². The summed E-state index contributed by atoms with van der Waals surface area (Å²) >= 11 is 0. The van der Waals surface area contributed by atoms with Gasteiger partial charge in [-0.1, -0.05) is 20.3 Å². The van der Waals surface area contributed by atoms with Crippen LogP contribution in [0.1, 0.15) is 38.8 Å². The van der Waals surface area contributed by atoms with Crippen LogP contribution in [0.3, 0.4) is 0 Å². The van der Waals surface area contributed by atoms with Crippen LogP contribution in [-0.4, -0.2) is 30.4 Å². The minimum Gasteiger partial charge on any atom is -0.349 e. The van der Waals surface area contributed by atoms with Gasteiger partial charge in [-0.2, -0.15) is 4.31 Å². The Kier molecular flexibility index (Phi) is 4.88. The second-order valence-electron chi connectivity index (χ2n) is 5.49. The third kappa shape index (κ3) is 2.92. The fourth-order valence-electron chi connectivity index (χ4n) is 2.78. The summed E-state index contributed by atoms with van der Waals surface area (Å²) < 4.78 is 28.9. The molecule has 0 saturated carbocycles. The van der Waals surface area contributed by atoms with E-state index in [2.05, 4.69) is 13.8 Å². The first-order valence-electron chi connectivity index (χ1n) is 7.42. The van der Waals surface area contributed by atoms with Crippen LogP contribution >= 0.6 is 0 Å². The molecule has 5 nitrogen and oxygen atoms in total. The third-order valence-electron chi connectivity index (χ3n) is 4.10. The number of sulfonamides is 1. The first-order valence-corrected chi connectivity index (χ1v) is 8.86. The van der Waals surface area contributed by atoms with E-state index >= 15 is 0 Å². The van der Waals surface area contributed by atoms with Gasteiger partial charge in [-0.15, -0.1) is 0 Å². The first kappa shape index (κ1) is 15.5. The van der Waals surface area contributed by atoms with Crippen molar-refractivity contribution in [3.63, 3.8) is 0 Å². The lowest BCUT2D eigenvalue weighted by Gasteiger charge is -2.15. The molecule has 0 radical (unpaired) electrons. The van der Waals surface area contributed by atoms with Crippen LogP contribution < -0.4 is 5.73 Å². The van der Waals surface area contributed by atoms with E-state index < -0.39 is 10.0 Å². The summed E-state index contributed by atoms with van der Waals surface area (Å²) in [4.78, 5) is 0.392. The van der Waals surface area contributed by atoms with Crippen molar-refractivity contribution in [3.8, 4) is 0 Å². The zero-order valence-corrected chi connectivity index (χ0v) is 13.2. The molecule has 1 unspecified atom stereocenters. The molecule has 0 aromatic carbocycles. The van der Waals surface area contributed by atoms with Crippen molar-refractivity contribution in [1.82, 2.24) is 8.87 Å². The maximum absolute atomic E-state index is 12.7. The predicted molar refractivity (Wildman–Crippen MR) is 79.8 cm³/mol. The predicted octanol–water partition coefficient (Wildman–Crippen LogP) is 1.78. The molecule has 2 N–H and O–H groups in total. The molecule has 1 aliphatic rings. The Labute approximate surface area is 121 Å². The smallest absolute Gasteiger partial charge is 0.244 e. The first-order chi connectivity index (χ1) is 9.52. The van der Waals surface area contributed by atoms with Gasteiger partial charge in [-0.3, -0.25) is 0 Å². The molecule has 1 aliphatic heterocycles. The molecule has 2 rings (SSSR count). The van der Waals surface area contributed by atoms with Gasteiger partial charge in [0.15, 0.2) is 0 Å². The van der Waals surface area contributed by atoms with Gasteiger partial charge in [0.1, 0.15) is 4.90 Å². The van der Waals surface area contributed by atoms with E-state index in [1.54, 1.807) is 16.6 Å². The summed E-state index contributed by atoms with van der Waals surface area (Å²) in [7, 11) is -3.35. The molecule has 1 atom stereocenters. The van der Waals surface area contributed by atoms with Crippen molar-refractivity contribution in [3.05, 3.63) is 18.0 Å². The number of aromatic nitrogens is 1. The minimum atomic E-state index is -3.35. The van der Waals surface area contributed by atoms with Crippen molar-refractivity contribution < 1.29 is 8.42 Å². The lowest BCUT2D eigenvalue weighted by molar-refractivity contribution is 0.453. The molecular formula is C14H25N3O2S. The maximum atomic E-state index is 12.7. The van der Waals surface area contributed by atoms with E-state index in [1.807, 2.05) is 4.57 Å². The Morgan fingerprint density at radius 3 is 2.70 bits per heavy atom. The van der Waals surface area contributed by atoms with E-state index in [0.717, 1.165) is 31.5 Å². The third-order valence-corrected chi connectivity index (χ3v) is 5.93. The molecule has 0 aliphatic carbocycles. The Balaban J connectivity index is 2.26. The summed E-state index contributed by atoms with van der Waals surface area (Å²) in [5.74, 6) is 0.497. The van der Waals surface area contributed by atoms with Crippen LogP contribution in [0.5, 0.6) is 0 Å². The van der Waals surface area contributed by atoms with Crippen LogP contribution in [0, 0.1) is 5.92 Å². The molecule has 0 amide bonds. The van der Waals surface area contributed by atoms with Crippen LogP contribution in [0.4, 0.5) is 0 Å². The van der Waals surface area contributed by atoms with Gasteiger partial charge in [0.2, 0.25) is 10.0 Å². The molecule has 1 saturated heterocycles. The van der Waals surface area contributed by atoms with Gasteiger partial charge in [-0.25, -0.2) is 8.42 Å². The summed E-state index contributed by atoms with van der Waals surface area (Å²) in [6.07, 6.45) is 4.70. The second kappa shape index (κ2) is 6.28. The topological polar surface area (TPSA) is 68.3 Å². The second-order valence-corrected chi connectivity index (χ2v) is 7.43. The molecule has 0 bridgehead atoms. The molecule has 0 spiro atoms. The van der Waals surface area contributed by atoms with Crippen molar-refractivity contribution in [2.45, 2.75) is 51.1 Å². The number of hydrogen-bond donors (Lipinski definition) is 1. The minimum absolute atomic E-state index is 0.368. The molecular weight excluding hydrogens is 274 g/mol. The quantitative estimate of drug-likeness (QED) is 0.870. The van der Waals surface area contributed by atoms with E-state index in [4.69, 9.17) is 5.73 Å². The number of hydrogen-bond acceptors (Lipinski definition) is 3. The van der Waals surface area contributed by atoms with Crippen molar-refractivity contribution >= 4 is 10.0 Å². The van der Waals surface area contributed by atoms with E-state index in [0.29, 0.717) is 30.4 Å². The van der Waals surface area contributed by atoms with Gasteiger partial charge in [0.25, 0.3) is 0 Å². The van der Waals surface area contributed by atoms with E-state index in [1.165, 1.54) is 0 Å². The van der Waals surface area contributed by atoms with Gasteiger partial charge >= 0.3 is 0 Å². The Morgan fingerprint density at radius 2 is 2.15 bits per heavy atom. The van der Waals surface area contributed by atoms with Crippen LogP contribution in [0.2, 0.25) is 0 Å². The van der Waals surface area contributed by atoms with Crippen LogP contribution in [-0.2, 0) is 23.1 Å². The Bertz CT molecular complexity index is 551. The summed E-state index contributed by atoms with van der Waals surface area (Å²) in [6, 6.07) is 1.73. The summed E-state index contributed by atoms with van der Waals surface area (Å²) in [5, 5.41) is 0. The normalized spacial score (nSPS) is 20.6. The highest BCUT2D eigenvalue weighted by atomic mass is 32.2. The number of rotatable bonds is 6. The number of aryl methyl sites for hydroxylation is 1. The molecule has 114 valence electrons. The van der Waals surface area contributed by atoms with E-state index in [-0.39, 0.29) is 0 Å². The number of nitrogens with two attached hydrogens (primary N) is 1. The molecule has 1 fully saturated rings. The monoisotopic (exact) mass is 299 g/mol. The lowest BCUT2D eigenvalue weighted by Crippen LogP contribution is -2.28. The Hall–Kier alpha value is -0.850. The summed E-state index contributed by atoms with van der Waals surface area (Å²) in [6.45, 7) is 6.64. The van der Waals surface area contributed by atoms with Crippen molar-refractivity contribution in [2.24, 2.45) is 11.7 Å². The highest BCUT2D eigenvalue weighted by Crippen LogP contribution is 2.27. The Morgan fingerprint density at radius 1 is 1.40 bits per heavy atom. The summed E-state index contributed by atoms with van der Waals surface area (Å²) in [5.41, 5.74) is 6.59. The van der Waals surface area contributed by atoms with Crippen molar-refractivity contribution in [1.29, 1.82) is 0 Å². The van der Waals surface area contributed by atoms with Gasteiger partial charge in [0, 0.05) is 38.1 Å². The molecule has 2 heterocycles. The zero-order valence-electron chi connectivity index (χ0n) is 12.4. The molecule has 1 aromatic rings. The molecule has 20 heavy (non-hydrogen) atoms. The van der Waals surface area contributed by atoms with Gasteiger partial charge in [0.05, 0.1) is 0 Å². The maximum Gasteiger partial charge on any atom is 0.244 e. The molecule has 1 aromatic heterocycles. The highest BCUT2D eigenvalue weighted by molar-refractivity contribution is 7.89. The average Bonchev–Trinajstić information content (AvgIpc) is 3.05. The zero-order chi connectivity index (χ0) is 14.8. The highest BCUT2D eigenvalue weighted by Gasteiger charge is 2.32. The fourth-order valence-corrected chi connectivity index (χ4v) is 4.38. The molecule has 6 heteroatoms. The van der Waals surface area contributed by atoms with Crippen LogP contribution in [0.15, 0.2) is 17.2 Å². The van der Waals surface area contributed by atoms with Gasteiger partial charge < -0.3 is 10.3 Å². The van der Waals surface area contributed by atoms with Crippen molar-refractivity contribution in [2.75, 3.05) is 13.1 Å². The largest absolute Gasteiger partial charge is 0.349 e. The SMILES string of the molecule is CCCn1cc(S(=O)(=O)N2CCC(CC)C2)cc1CN.